The Kier molecular flexibility index (Phi) is 11.7. The van der Waals surface area contributed by atoms with Gasteiger partial charge in [0.1, 0.15) is 0 Å². The zero-order valence-corrected chi connectivity index (χ0v) is 14.2. The Morgan fingerprint density at radius 1 is 1.26 bits per heavy atom. The van der Waals surface area contributed by atoms with Gasteiger partial charge >= 0.3 is 0 Å². The summed E-state index contributed by atoms with van der Waals surface area (Å²) in [7, 11) is 0. The molecule has 0 amide bonds. The molecule has 2 N–H and O–H groups in total. The maximum absolute atomic E-state index is 4.51. The largest absolute Gasteiger partial charge is 0.357 e. The maximum Gasteiger partial charge on any atom is 0.191 e. The second kappa shape index (κ2) is 12.2. The molecule has 0 saturated carbocycles. The van der Waals surface area contributed by atoms with Crippen LogP contribution in [0.15, 0.2) is 29.4 Å². The van der Waals surface area contributed by atoms with E-state index in [1.807, 2.05) is 24.4 Å². The molecule has 0 aliphatic rings. The number of pyridine rings is 1. The highest BCUT2D eigenvalue weighted by molar-refractivity contribution is 14.0. The predicted molar refractivity (Wildman–Crippen MR) is 92.2 cm³/mol. The minimum atomic E-state index is 0. The number of guanidine groups is 1. The SMILES string of the molecule is CCCCN=C(NCC)NCCc1ccccn1.I. The van der Waals surface area contributed by atoms with Crippen molar-refractivity contribution in [3.05, 3.63) is 30.1 Å². The van der Waals surface area contributed by atoms with Crippen LogP contribution in [0.25, 0.3) is 0 Å². The highest BCUT2D eigenvalue weighted by Gasteiger charge is 1.97. The van der Waals surface area contributed by atoms with Crippen molar-refractivity contribution >= 4 is 29.9 Å². The summed E-state index contributed by atoms with van der Waals surface area (Å²) < 4.78 is 0. The van der Waals surface area contributed by atoms with Crippen LogP contribution in [-0.4, -0.2) is 30.6 Å². The van der Waals surface area contributed by atoms with Gasteiger partial charge in [-0.15, -0.1) is 24.0 Å². The van der Waals surface area contributed by atoms with Gasteiger partial charge in [-0.05, 0) is 25.5 Å². The zero-order valence-electron chi connectivity index (χ0n) is 11.9. The first-order valence-electron chi connectivity index (χ1n) is 6.79. The maximum atomic E-state index is 4.51. The fraction of sp³-hybridized carbons (Fsp3) is 0.571. The number of nitrogens with zero attached hydrogens (tertiary/aromatic N) is 2. The molecule has 0 spiro atoms. The van der Waals surface area contributed by atoms with Crippen LogP contribution in [0.1, 0.15) is 32.4 Å². The average molecular weight is 376 g/mol. The van der Waals surface area contributed by atoms with Gasteiger partial charge in [0, 0.05) is 37.9 Å². The van der Waals surface area contributed by atoms with E-state index >= 15 is 0 Å². The lowest BCUT2D eigenvalue weighted by atomic mass is 10.3. The minimum Gasteiger partial charge on any atom is -0.357 e. The summed E-state index contributed by atoms with van der Waals surface area (Å²) in [6.07, 6.45) is 5.06. The summed E-state index contributed by atoms with van der Waals surface area (Å²) in [6, 6.07) is 6.00. The number of unbranched alkanes of at least 4 members (excludes halogenated alkanes) is 1. The van der Waals surface area contributed by atoms with Crippen molar-refractivity contribution in [2.75, 3.05) is 19.6 Å². The third-order valence-electron chi connectivity index (χ3n) is 2.53. The Balaban J connectivity index is 0.00000324. The summed E-state index contributed by atoms with van der Waals surface area (Å²) >= 11 is 0. The number of rotatable bonds is 7. The molecule has 0 radical (unpaired) electrons. The fourth-order valence-corrected chi connectivity index (χ4v) is 1.55. The van der Waals surface area contributed by atoms with Crippen molar-refractivity contribution in [3.8, 4) is 0 Å². The quantitative estimate of drug-likeness (QED) is 0.333. The molecule has 1 aromatic rings. The van der Waals surface area contributed by atoms with Crippen LogP contribution < -0.4 is 10.6 Å². The van der Waals surface area contributed by atoms with E-state index in [9.17, 15) is 0 Å². The van der Waals surface area contributed by atoms with Crippen LogP contribution in [0.5, 0.6) is 0 Å². The van der Waals surface area contributed by atoms with E-state index in [4.69, 9.17) is 0 Å². The van der Waals surface area contributed by atoms with Crippen LogP contribution in [0.3, 0.4) is 0 Å². The highest BCUT2D eigenvalue weighted by atomic mass is 127. The van der Waals surface area contributed by atoms with Crippen LogP contribution in [-0.2, 0) is 6.42 Å². The molecule has 108 valence electrons. The van der Waals surface area contributed by atoms with E-state index < -0.39 is 0 Å². The molecule has 0 atom stereocenters. The second-order valence-electron chi connectivity index (χ2n) is 4.11. The number of nitrogens with one attached hydrogen (secondary N) is 2. The van der Waals surface area contributed by atoms with Gasteiger partial charge in [-0.1, -0.05) is 19.4 Å². The van der Waals surface area contributed by atoms with Crippen molar-refractivity contribution < 1.29 is 0 Å². The molecular weight excluding hydrogens is 351 g/mol. The van der Waals surface area contributed by atoms with Crippen LogP contribution in [0, 0.1) is 0 Å². The Morgan fingerprint density at radius 3 is 2.74 bits per heavy atom. The molecule has 0 aliphatic carbocycles. The van der Waals surface area contributed by atoms with Gasteiger partial charge in [0.05, 0.1) is 0 Å². The monoisotopic (exact) mass is 376 g/mol. The number of hydrogen-bond donors (Lipinski definition) is 2. The van der Waals surface area contributed by atoms with Gasteiger partial charge in [-0.2, -0.15) is 0 Å². The fourth-order valence-electron chi connectivity index (χ4n) is 1.55. The van der Waals surface area contributed by atoms with Crippen molar-refractivity contribution in [1.29, 1.82) is 0 Å². The molecule has 0 fully saturated rings. The Labute approximate surface area is 133 Å². The number of aliphatic imine (C=N–C) groups is 1. The smallest absolute Gasteiger partial charge is 0.191 e. The Hall–Kier alpha value is -0.850. The molecule has 0 aromatic carbocycles. The predicted octanol–water partition coefficient (Wildman–Crippen LogP) is 2.60. The van der Waals surface area contributed by atoms with Crippen LogP contribution >= 0.6 is 24.0 Å². The van der Waals surface area contributed by atoms with E-state index in [2.05, 4.69) is 34.5 Å². The number of hydrogen-bond acceptors (Lipinski definition) is 2. The van der Waals surface area contributed by atoms with E-state index in [0.29, 0.717) is 0 Å². The topological polar surface area (TPSA) is 49.3 Å². The molecule has 1 aromatic heterocycles. The highest BCUT2D eigenvalue weighted by Crippen LogP contribution is 1.93. The molecule has 0 bridgehead atoms. The average Bonchev–Trinajstić information content (AvgIpc) is 2.40. The van der Waals surface area contributed by atoms with Crippen molar-refractivity contribution in [3.63, 3.8) is 0 Å². The molecule has 1 rings (SSSR count). The summed E-state index contributed by atoms with van der Waals surface area (Å²) in [5.41, 5.74) is 1.11. The summed E-state index contributed by atoms with van der Waals surface area (Å²) in [5, 5.41) is 6.57. The van der Waals surface area contributed by atoms with Gasteiger partial charge in [0.2, 0.25) is 0 Å². The van der Waals surface area contributed by atoms with Crippen LogP contribution in [0.2, 0.25) is 0 Å². The molecule has 0 unspecified atom stereocenters. The number of halogens is 1. The van der Waals surface area contributed by atoms with Crippen molar-refractivity contribution in [2.24, 2.45) is 4.99 Å². The minimum absolute atomic E-state index is 0. The van der Waals surface area contributed by atoms with Gasteiger partial charge in [0.15, 0.2) is 5.96 Å². The normalized spacial score (nSPS) is 10.7. The van der Waals surface area contributed by atoms with Gasteiger partial charge in [-0.3, -0.25) is 9.98 Å². The lowest BCUT2D eigenvalue weighted by Gasteiger charge is -2.10. The van der Waals surface area contributed by atoms with E-state index in [1.54, 1.807) is 0 Å². The first kappa shape index (κ1) is 18.1. The lowest BCUT2D eigenvalue weighted by Crippen LogP contribution is -2.38. The first-order chi connectivity index (χ1) is 8.86. The second-order valence-corrected chi connectivity index (χ2v) is 4.11. The van der Waals surface area contributed by atoms with Gasteiger partial charge in [0.25, 0.3) is 0 Å². The summed E-state index contributed by atoms with van der Waals surface area (Å²) in [5.74, 6) is 0.905. The molecule has 0 saturated heterocycles. The third-order valence-corrected chi connectivity index (χ3v) is 2.53. The Morgan fingerprint density at radius 2 is 2.11 bits per heavy atom. The molecule has 4 nitrogen and oxygen atoms in total. The zero-order chi connectivity index (χ0) is 13.1. The molecule has 1 heterocycles. The Bertz CT molecular complexity index is 341. The van der Waals surface area contributed by atoms with E-state index in [1.165, 1.54) is 6.42 Å². The summed E-state index contributed by atoms with van der Waals surface area (Å²) in [4.78, 5) is 8.81. The molecule has 0 aliphatic heterocycles. The standard InChI is InChI=1S/C14H24N4.HI/c1-3-5-10-17-14(15-4-2)18-12-9-13-8-6-7-11-16-13;/h6-8,11H,3-5,9-10,12H2,1-2H3,(H2,15,17,18);1H. The van der Waals surface area contributed by atoms with E-state index in [0.717, 1.165) is 44.1 Å². The first-order valence-corrected chi connectivity index (χ1v) is 6.79. The molecule has 19 heavy (non-hydrogen) atoms. The molecular formula is C14H25IN4. The number of aromatic nitrogens is 1. The van der Waals surface area contributed by atoms with Gasteiger partial charge in [-0.25, -0.2) is 0 Å². The van der Waals surface area contributed by atoms with Crippen LogP contribution in [0.4, 0.5) is 0 Å². The molecule has 5 heteroatoms. The van der Waals surface area contributed by atoms with E-state index in [-0.39, 0.29) is 24.0 Å². The summed E-state index contributed by atoms with van der Waals surface area (Å²) in [6.45, 7) is 6.89. The lowest BCUT2D eigenvalue weighted by molar-refractivity contribution is 0.762. The van der Waals surface area contributed by atoms with Crippen molar-refractivity contribution in [1.82, 2.24) is 15.6 Å². The van der Waals surface area contributed by atoms with Gasteiger partial charge < -0.3 is 10.6 Å². The third kappa shape index (κ3) is 8.80. The van der Waals surface area contributed by atoms with Crippen molar-refractivity contribution in [2.45, 2.75) is 33.1 Å².